The zero-order chi connectivity index (χ0) is 9.68. The summed E-state index contributed by atoms with van der Waals surface area (Å²) in [6.45, 7) is 4.81. The highest BCUT2D eigenvalue weighted by Crippen LogP contribution is 2.04. The predicted octanol–water partition coefficient (Wildman–Crippen LogP) is 2.07. The van der Waals surface area contributed by atoms with Gasteiger partial charge in [-0.3, -0.25) is 0 Å². The van der Waals surface area contributed by atoms with Crippen LogP contribution in [-0.2, 0) is 0 Å². The molecular weight excluding hydrogens is 186 g/mol. The van der Waals surface area contributed by atoms with E-state index in [-0.39, 0.29) is 0 Å². The van der Waals surface area contributed by atoms with Crippen LogP contribution in [0.1, 0.15) is 12.7 Å². The van der Waals surface area contributed by atoms with E-state index in [1.54, 1.807) is 6.20 Å². The van der Waals surface area contributed by atoms with E-state index in [2.05, 4.69) is 22.2 Å². The molecule has 0 saturated heterocycles. The van der Waals surface area contributed by atoms with Gasteiger partial charge in [-0.15, -0.1) is 11.6 Å². The van der Waals surface area contributed by atoms with E-state index in [4.69, 9.17) is 11.6 Å². The standard InChI is InChI=1S/C9H14ClN3/c1-7(5-10)6-12-9-3-4-11-8(2)13-9/h3-4,7H,5-6H2,1-2H3,(H,11,12,13). The van der Waals surface area contributed by atoms with Crippen molar-refractivity contribution in [3.05, 3.63) is 18.1 Å². The number of halogens is 1. The fourth-order valence-electron chi connectivity index (χ4n) is 0.888. The van der Waals surface area contributed by atoms with Gasteiger partial charge in [0.05, 0.1) is 0 Å². The van der Waals surface area contributed by atoms with Crippen molar-refractivity contribution in [1.82, 2.24) is 9.97 Å². The lowest BCUT2D eigenvalue weighted by molar-refractivity contribution is 0.694. The monoisotopic (exact) mass is 199 g/mol. The first kappa shape index (κ1) is 10.3. The van der Waals surface area contributed by atoms with Crippen molar-refractivity contribution in [1.29, 1.82) is 0 Å². The molecule has 1 aromatic heterocycles. The lowest BCUT2D eigenvalue weighted by Gasteiger charge is -2.09. The topological polar surface area (TPSA) is 37.8 Å². The molecular formula is C9H14ClN3. The molecule has 1 atom stereocenters. The number of hydrogen-bond donors (Lipinski definition) is 1. The van der Waals surface area contributed by atoms with Crippen LogP contribution >= 0.6 is 11.6 Å². The summed E-state index contributed by atoms with van der Waals surface area (Å²) in [7, 11) is 0. The van der Waals surface area contributed by atoms with Crippen molar-refractivity contribution in [2.75, 3.05) is 17.7 Å². The Kier molecular flexibility index (Phi) is 3.96. The average Bonchev–Trinajstić information content (AvgIpc) is 2.14. The lowest BCUT2D eigenvalue weighted by atomic mass is 10.2. The van der Waals surface area contributed by atoms with Crippen LogP contribution in [0.25, 0.3) is 0 Å². The molecule has 0 bridgehead atoms. The summed E-state index contributed by atoms with van der Waals surface area (Å²) < 4.78 is 0. The van der Waals surface area contributed by atoms with E-state index < -0.39 is 0 Å². The minimum absolute atomic E-state index is 0.455. The molecule has 0 aliphatic rings. The third kappa shape index (κ3) is 3.59. The molecule has 0 aromatic carbocycles. The molecule has 0 aliphatic heterocycles. The Morgan fingerprint density at radius 1 is 1.62 bits per heavy atom. The molecule has 0 spiro atoms. The zero-order valence-corrected chi connectivity index (χ0v) is 8.67. The molecule has 3 nitrogen and oxygen atoms in total. The van der Waals surface area contributed by atoms with Gasteiger partial charge in [-0.05, 0) is 18.9 Å². The largest absolute Gasteiger partial charge is 0.370 e. The minimum Gasteiger partial charge on any atom is -0.370 e. The zero-order valence-electron chi connectivity index (χ0n) is 7.92. The molecule has 0 fully saturated rings. The highest BCUT2D eigenvalue weighted by molar-refractivity contribution is 6.18. The fourth-order valence-corrected chi connectivity index (χ4v) is 0.997. The van der Waals surface area contributed by atoms with Crippen molar-refractivity contribution < 1.29 is 0 Å². The number of hydrogen-bond acceptors (Lipinski definition) is 3. The molecule has 0 aliphatic carbocycles. The van der Waals surface area contributed by atoms with E-state index in [1.165, 1.54) is 0 Å². The molecule has 1 heterocycles. The van der Waals surface area contributed by atoms with Gasteiger partial charge < -0.3 is 5.32 Å². The van der Waals surface area contributed by atoms with Gasteiger partial charge in [0.25, 0.3) is 0 Å². The maximum Gasteiger partial charge on any atom is 0.129 e. The van der Waals surface area contributed by atoms with Crippen LogP contribution in [-0.4, -0.2) is 22.4 Å². The Morgan fingerprint density at radius 2 is 2.38 bits per heavy atom. The van der Waals surface area contributed by atoms with E-state index in [9.17, 15) is 0 Å². The number of anilines is 1. The quantitative estimate of drug-likeness (QED) is 0.755. The van der Waals surface area contributed by atoms with E-state index in [1.807, 2.05) is 13.0 Å². The second-order valence-electron chi connectivity index (χ2n) is 3.13. The highest BCUT2D eigenvalue weighted by atomic mass is 35.5. The molecule has 1 unspecified atom stereocenters. The summed E-state index contributed by atoms with van der Waals surface area (Å²) in [5, 5.41) is 3.20. The fraction of sp³-hybridized carbons (Fsp3) is 0.556. The Labute approximate surface area is 83.5 Å². The summed E-state index contributed by atoms with van der Waals surface area (Å²) in [5.74, 6) is 2.77. The van der Waals surface area contributed by atoms with Gasteiger partial charge in [-0.1, -0.05) is 6.92 Å². The van der Waals surface area contributed by atoms with Crippen molar-refractivity contribution in [2.24, 2.45) is 5.92 Å². The van der Waals surface area contributed by atoms with Gasteiger partial charge in [0.1, 0.15) is 11.6 Å². The summed E-state index contributed by atoms with van der Waals surface area (Å²) in [6, 6.07) is 1.86. The summed E-state index contributed by atoms with van der Waals surface area (Å²) in [5.41, 5.74) is 0. The SMILES string of the molecule is Cc1nccc(NCC(C)CCl)n1. The van der Waals surface area contributed by atoms with Crippen molar-refractivity contribution in [3.63, 3.8) is 0 Å². The van der Waals surface area contributed by atoms with Gasteiger partial charge in [0.2, 0.25) is 0 Å². The smallest absolute Gasteiger partial charge is 0.129 e. The number of aromatic nitrogens is 2. The lowest BCUT2D eigenvalue weighted by Crippen LogP contribution is -2.13. The Balaban J connectivity index is 2.45. The Bertz CT molecular complexity index is 265. The van der Waals surface area contributed by atoms with Crippen LogP contribution in [0.3, 0.4) is 0 Å². The molecule has 0 radical (unpaired) electrons. The maximum atomic E-state index is 5.68. The molecule has 13 heavy (non-hydrogen) atoms. The number of alkyl halides is 1. The Morgan fingerprint density at radius 3 is 3.00 bits per heavy atom. The minimum atomic E-state index is 0.455. The second-order valence-corrected chi connectivity index (χ2v) is 3.44. The number of nitrogens with zero attached hydrogens (tertiary/aromatic N) is 2. The van der Waals surface area contributed by atoms with Crippen LogP contribution in [0.15, 0.2) is 12.3 Å². The highest BCUT2D eigenvalue weighted by Gasteiger charge is 2.00. The van der Waals surface area contributed by atoms with E-state index >= 15 is 0 Å². The van der Waals surface area contributed by atoms with Crippen molar-refractivity contribution in [3.8, 4) is 0 Å². The number of rotatable bonds is 4. The third-order valence-electron chi connectivity index (χ3n) is 1.67. The molecule has 1 aromatic rings. The van der Waals surface area contributed by atoms with Crippen molar-refractivity contribution >= 4 is 17.4 Å². The number of aryl methyl sites for hydroxylation is 1. The first-order valence-corrected chi connectivity index (χ1v) is 4.85. The van der Waals surface area contributed by atoms with Crippen LogP contribution in [0.4, 0.5) is 5.82 Å². The molecule has 0 amide bonds. The van der Waals surface area contributed by atoms with Crippen molar-refractivity contribution in [2.45, 2.75) is 13.8 Å². The van der Waals surface area contributed by atoms with Gasteiger partial charge in [0, 0.05) is 18.6 Å². The van der Waals surface area contributed by atoms with E-state index in [0.29, 0.717) is 11.8 Å². The van der Waals surface area contributed by atoms with Gasteiger partial charge in [-0.25, -0.2) is 9.97 Å². The van der Waals surface area contributed by atoms with Gasteiger partial charge >= 0.3 is 0 Å². The third-order valence-corrected chi connectivity index (χ3v) is 2.20. The van der Waals surface area contributed by atoms with Crippen LogP contribution in [0.5, 0.6) is 0 Å². The van der Waals surface area contributed by atoms with Crippen LogP contribution in [0.2, 0.25) is 0 Å². The normalized spacial score (nSPS) is 12.5. The first-order valence-electron chi connectivity index (χ1n) is 4.32. The average molecular weight is 200 g/mol. The summed E-state index contributed by atoms with van der Waals surface area (Å²) in [6.07, 6.45) is 1.75. The summed E-state index contributed by atoms with van der Waals surface area (Å²) in [4.78, 5) is 8.22. The van der Waals surface area contributed by atoms with Gasteiger partial charge in [-0.2, -0.15) is 0 Å². The number of nitrogens with one attached hydrogen (secondary N) is 1. The second kappa shape index (κ2) is 5.02. The molecule has 1 rings (SSSR count). The van der Waals surface area contributed by atoms with E-state index in [0.717, 1.165) is 18.2 Å². The van der Waals surface area contributed by atoms with Crippen LogP contribution < -0.4 is 5.32 Å². The van der Waals surface area contributed by atoms with Crippen LogP contribution in [0, 0.1) is 12.8 Å². The predicted molar refractivity (Wildman–Crippen MR) is 55.1 cm³/mol. The molecule has 1 N–H and O–H groups in total. The van der Waals surface area contributed by atoms with Gasteiger partial charge in [0.15, 0.2) is 0 Å². The first-order chi connectivity index (χ1) is 6.22. The maximum absolute atomic E-state index is 5.68. The Hall–Kier alpha value is -0.830. The molecule has 0 saturated carbocycles. The molecule has 72 valence electrons. The summed E-state index contributed by atoms with van der Waals surface area (Å²) >= 11 is 5.68. The molecule has 4 heteroatoms.